The number of aromatic nitrogens is 1. The third-order valence-corrected chi connectivity index (χ3v) is 3.90. The maximum atomic E-state index is 10.6. The van der Waals surface area contributed by atoms with Crippen LogP contribution in [0.15, 0.2) is 12.3 Å². The second kappa shape index (κ2) is 5.43. The van der Waals surface area contributed by atoms with Crippen LogP contribution in [0.25, 0.3) is 0 Å². The SMILES string of the molecule is Nc1ncc(Cl)cc1C(O)C1(O)CCCCCC1. The highest BCUT2D eigenvalue weighted by Gasteiger charge is 2.38. The molecule has 0 radical (unpaired) electrons. The fourth-order valence-electron chi connectivity index (χ4n) is 2.59. The lowest BCUT2D eigenvalue weighted by molar-refractivity contribution is -0.0865. The smallest absolute Gasteiger partial charge is 0.129 e. The highest BCUT2D eigenvalue weighted by molar-refractivity contribution is 6.30. The molecule has 1 aliphatic rings. The molecule has 1 unspecified atom stereocenters. The number of nitrogens with zero attached hydrogens (tertiary/aromatic N) is 1. The number of rotatable bonds is 2. The van der Waals surface area contributed by atoms with Gasteiger partial charge in [0.25, 0.3) is 0 Å². The highest BCUT2D eigenvalue weighted by atomic mass is 35.5. The van der Waals surface area contributed by atoms with Crippen LogP contribution in [0.4, 0.5) is 5.82 Å². The van der Waals surface area contributed by atoms with E-state index in [0.717, 1.165) is 25.7 Å². The van der Waals surface area contributed by atoms with Crippen molar-refractivity contribution in [1.82, 2.24) is 4.98 Å². The Kier molecular flexibility index (Phi) is 4.10. The van der Waals surface area contributed by atoms with Gasteiger partial charge in [0, 0.05) is 11.8 Å². The van der Waals surface area contributed by atoms with Gasteiger partial charge in [-0.05, 0) is 18.9 Å². The zero-order valence-electron chi connectivity index (χ0n) is 10.3. The quantitative estimate of drug-likeness (QED) is 0.721. The average Bonchev–Trinajstić information content (AvgIpc) is 2.57. The number of hydrogen-bond acceptors (Lipinski definition) is 4. The Morgan fingerprint density at radius 2 is 1.89 bits per heavy atom. The van der Waals surface area contributed by atoms with Gasteiger partial charge in [-0.1, -0.05) is 37.3 Å². The number of aliphatic hydroxyl groups excluding tert-OH is 1. The first kappa shape index (κ1) is 13.6. The van der Waals surface area contributed by atoms with Crippen LogP contribution in [0.1, 0.15) is 50.2 Å². The van der Waals surface area contributed by atoms with E-state index in [1.54, 1.807) is 6.07 Å². The van der Waals surface area contributed by atoms with Gasteiger partial charge >= 0.3 is 0 Å². The molecule has 1 heterocycles. The molecule has 4 nitrogen and oxygen atoms in total. The predicted octanol–water partition coefficient (Wildman–Crippen LogP) is 2.44. The summed E-state index contributed by atoms with van der Waals surface area (Å²) >= 11 is 5.87. The van der Waals surface area contributed by atoms with Crippen LogP contribution in [0.2, 0.25) is 5.02 Å². The van der Waals surface area contributed by atoms with Gasteiger partial charge in [0.15, 0.2) is 0 Å². The van der Waals surface area contributed by atoms with E-state index in [1.165, 1.54) is 6.20 Å². The molecule has 0 aromatic carbocycles. The van der Waals surface area contributed by atoms with Crippen LogP contribution in [0, 0.1) is 0 Å². The molecule has 0 bridgehead atoms. The van der Waals surface area contributed by atoms with Gasteiger partial charge in [0.2, 0.25) is 0 Å². The first-order valence-corrected chi connectivity index (χ1v) is 6.72. The van der Waals surface area contributed by atoms with Gasteiger partial charge in [-0.15, -0.1) is 0 Å². The Bertz CT molecular complexity index is 417. The summed E-state index contributed by atoms with van der Waals surface area (Å²) < 4.78 is 0. The molecule has 1 aromatic rings. The Morgan fingerprint density at radius 1 is 1.28 bits per heavy atom. The van der Waals surface area contributed by atoms with Crippen molar-refractivity contribution < 1.29 is 10.2 Å². The third-order valence-electron chi connectivity index (χ3n) is 3.69. The van der Waals surface area contributed by atoms with Crippen LogP contribution >= 0.6 is 11.6 Å². The standard InChI is InChI=1S/C13H19ClN2O2/c14-9-7-10(12(15)16-8-9)11(17)13(18)5-3-1-2-4-6-13/h7-8,11,17-18H,1-6H2,(H2,15,16). The molecule has 4 N–H and O–H groups in total. The number of nitrogen functional groups attached to an aromatic ring is 1. The molecule has 1 fully saturated rings. The number of hydrogen-bond donors (Lipinski definition) is 3. The minimum atomic E-state index is -1.11. The molecule has 18 heavy (non-hydrogen) atoms. The Hall–Kier alpha value is -0.840. The topological polar surface area (TPSA) is 79.4 Å². The molecule has 1 aliphatic carbocycles. The van der Waals surface area contributed by atoms with E-state index in [-0.39, 0.29) is 5.82 Å². The van der Waals surface area contributed by atoms with Crippen molar-refractivity contribution in [3.8, 4) is 0 Å². The Balaban J connectivity index is 2.28. The molecule has 100 valence electrons. The normalized spacial score (nSPS) is 21.3. The summed E-state index contributed by atoms with van der Waals surface area (Å²) in [6, 6.07) is 1.58. The molecule has 1 saturated carbocycles. The third kappa shape index (κ3) is 2.76. The summed E-state index contributed by atoms with van der Waals surface area (Å²) in [7, 11) is 0. The van der Waals surface area contributed by atoms with E-state index in [0.29, 0.717) is 23.4 Å². The van der Waals surface area contributed by atoms with Crippen LogP contribution < -0.4 is 5.73 Å². The highest BCUT2D eigenvalue weighted by Crippen LogP contribution is 2.39. The van der Waals surface area contributed by atoms with Crippen molar-refractivity contribution in [3.05, 3.63) is 22.8 Å². The predicted molar refractivity (Wildman–Crippen MR) is 71.3 cm³/mol. The first-order valence-electron chi connectivity index (χ1n) is 6.34. The number of pyridine rings is 1. The minimum Gasteiger partial charge on any atom is -0.387 e. The molecule has 0 amide bonds. The van der Waals surface area contributed by atoms with Crippen LogP contribution in [0.3, 0.4) is 0 Å². The molecule has 1 atom stereocenters. The molecule has 0 spiro atoms. The van der Waals surface area contributed by atoms with Gasteiger partial charge in [0.1, 0.15) is 11.9 Å². The maximum Gasteiger partial charge on any atom is 0.129 e. The van der Waals surface area contributed by atoms with Gasteiger partial charge in [-0.3, -0.25) is 0 Å². The van der Waals surface area contributed by atoms with Gasteiger partial charge in [-0.2, -0.15) is 0 Å². The van der Waals surface area contributed by atoms with Crippen molar-refractivity contribution in [2.75, 3.05) is 5.73 Å². The second-order valence-corrected chi connectivity index (χ2v) is 5.48. The minimum absolute atomic E-state index is 0.226. The number of aliphatic hydroxyl groups is 2. The summed E-state index contributed by atoms with van der Waals surface area (Å²) in [5, 5.41) is 21.4. The summed E-state index contributed by atoms with van der Waals surface area (Å²) in [6.07, 6.45) is 5.60. The number of halogens is 1. The zero-order chi connectivity index (χ0) is 13.2. The molecular weight excluding hydrogens is 252 g/mol. The summed E-state index contributed by atoms with van der Waals surface area (Å²) in [4.78, 5) is 3.92. The van der Waals surface area contributed by atoms with E-state index in [1.807, 2.05) is 0 Å². The van der Waals surface area contributed by atoms with Gasteiger partial charge in [-0.25, -0.2) is 4.98 Å². The molecule has 1 aromatic heterocycles. The molecule has 0 saturated heterocycles. The molecule has 0 aliphatic heterocycles. The van der Waals surface area contributed by atoms with E-state index >= 15 is 0 Å². The summed E-state index contributed by atoms with van der Waals surface area (Å²) in [6.45, 7) is 0. The summed E-state index contributed by atoms with van der Waals surface area (Å²) in [5.74, 6) is 0.226. The van der Waals surface area contributed by atoms with Crippen molar-refractivity contribution in [3.63, 3.8) is 0 Å². The lowest BCUT2D eigenvalue weighted by Crippen LogP contribution is -2.36. The lowest BCUT2D eigenvalue weighted by atomic mass is 9.85. The van der Waals surface area contributed by atoms with Crippen molar-refractivity contribution in [2.45, 2.75) is 50.2 Å². The maximum absolute atomic E-state index is 10.6. The van der Waals surface area contributed by atoms with E-state index in [4.69, 9.17) is 17.3 Å². The molecule has 2 rings (SSSR count). The van der Waals surface area contributed by atoms with Crippen LogP contribution in [-0.2, 0) is 0 Å². The van der Waals surface area contributed by atoms with E-state index in [2.05, 4.69) is 4.98 Å². The van der Waals surface area contributed by atoms with Crippen molar-refractivity contribution >= 4 is 17.4 Å². The molecular formula is C13H19ClN2O2. The zero-order valence-corrected chi connectivity index (χ0v) is 11.0. The van der Waals surface area contributed by atoms with Crippen molar-refractivity contribution in [2.24, 2.45) is 0 Å². The Morgan fingerprint density at radius 3 is 2.50 bits per heavy atom. The van der Waals surface area contributed by atoms with Crippen LogP contribution in [-0.4, -0.2) is 20.8 Å². The monoisotopic (exact) mass is 270 g/mol. The van der Waals surface area contributed by atoms with Crippen molar-refractivity contribution in [1.29, 1.82) is 0 Å². The number of anilines is 1. The number of nitrogens with two attached hydrogens (primary N) is 1. The first-order chi connectivity index (χ1) is 8.53. The Labute approximate surface area is 112 Å². The largest absolute Gasteiger partial charge is 0.387 e. The fourth-order valence-corrected chi connectivity index (χ4v) is 2.75. The summed E-state index contributed by atoms with van der Waals surface area (Å²) in [5.41, 5.74) is 5.06. The van der Waals surface area contributed by atoms with E-state index < -0.39 is 11.7 Å². The van der Waals surface area contributed by atoms with Gasteiger partial charge in [0.05, 0.1) is 10.6 Å². The molecule has 5 heteroatoms. The average molecular weight is 271 g/mol. The van der Waals surface area contributed by atoms with Crippen LogP contribution in [0.5, 0.6) is 0 Å². The van der Waals surface area contributed by atoms with Gasteiger partial charge < -0.3 is 15.9 Å². The van der Waals surface area contributed by atoms with E-state index in [9.17, 15) is 10.2 Å². The fraction of sp³-hybridized carbons (Fsp3) is 0.615. The second-order valence-electron chi connectivity index (χ2n) is 5.05. The lowest BCUT2D eigenvalue weighted by Gasteiger charge is -2.32.